The monoisotopic (exact) mass is 543 g/mol. The summed E-state index contributed by atoms with van der Waals surface area (Å²) in [5, 5.41) is 2.60. The maximum atomic E-state index is 12.8. The molecule has 2 amide bonds. The number of rotatable bonds is 11. The van der Waals surface area contributed by atoms with Crippen LogP contribution in [0.25, 0.3) is 0 Å². The van der Waals surface area contributed by atoms with Gasteiger partial charge < -0.3 is 11.1 Å². The van der Waals surface area contributed by atoms with Crippen molar-refractivity contribution >= 4 is 44.6 Å². The van der Waals surface area contributed by atoms with Crippen LogP contribution in [-0.2, 0) is 37.9 Å². The number of ketones is 1. The molecule has 176 valence electrons. The predicted molar refractivity (Wildman–Crippen MR) is 131 cm³/mol. The highest BCUT2D eigenvalue weighted by Crippen LogP contribution is 2.19. The first-order valence-electron chi connectivity index (χ1n) is 10.2. The zero-order chi connectivity index (χ0) is 24.5. The Labute approximate surface area is 207 Å². The third-order valence-electron chi connectivity index (χ3n) is 4.76. The van der Waals surface area contributed by atoms with E-state index in [-0.39, 0.29) is 18.5 Å². The number of amides is 2. The minimum Gasteiger partial charge on any atom is -0.363 e. The predicted octanol–water partition coefficient (Wildman–Crippen LogP) is 2.59. The Morgan fingerprint density at radius 3 is 2.32 bits per heavy atom. The zero-order valence-electron chi connectivity index (χ0n) is 17.9. The lowest BCUT2D eigenvalue weighted by Gasteiger charge is -2.17. The number of hydrogen-bond acceptors (Lipinski definition) is 6. The van der Waals surface area contributed by atoms with Gasteiger partial charge in [0.15, 0.2) is 0 Å². The Kier molecular flexibility index (Phi) is 9.23. The van der Waals surface area contributed by atoms with Gasteiger partial charge in [-0.05, 0) is 51.3 Å². The molecule has 0 saturated carbocycles. The van der Waals surface area contributed by atoms with Crippen molar-refractivity contribution in [2.75, 3.05) is 0 Å². The summed E-state index contributed by atoms with van der Waals surface area (Å²) >= 11 is 1.58. The summed E-state index contributed by atoms with van der Waals surface area (Å²) in [4.78, 5) is 37.0. The van der Waals surface area contributed by atoms with Crippen LogP contribution in [0.2, 0.25) is 0 Å². The second kappa shape index (κ2) is 12.3. The van der Waals surface area contributed by atoms with Crippen molar-refractivity contribution in [3.63, 3.8) is 0 Å². The van der Waals surface area contributed by atoms with Crippen molar-refractivity contribution in [1.29, 1.82) is 0 Å². The first kappa shape index (κ1) is 25.4. The van der Waals surface area contributed by atoms with E-state index in [4.69, 9.17) is 10.0 Å². The molecular weight excluding hydrogens is 522 g/mol. The maximum absolute atomic E-state index is 12.8. The second-order valence-corrected chi connectivity index (χ2v) is 9.14. The summed E-state index contributed by atoms with van der Waals surface area (Å²) in [6.07, 6.45) is 0.129. The van der Waals surface area contributed by atoms with Crippen molar-refractivity contribution in [3.8, 4) is 0 Å². The van der Waals surface area contributed by atoms with Crippen LogP contribution in [0.15, 0.2) is 88.2 Å². The fourth-order valence-electron chi connectivity index (χ4n) is 3.09. The zero-order valence-corrected chi connectivity index (χ0v) is 20.3. The normalized spacial score (nSPS) is 12.5. The van der Waals surface area contributed by atoms with Gasteiger partial charge in [-0.15, -0.1) is 0 Å². The van der Waals surface area contributed by atoms with Crippen LogP contribution >= 0.6 is 15.9 Å². The lowest BCUT2D eigenvalue weighted by molar-refractivity contribution is -0.137. The van der Waals surface area contributed by atoms with Crippen LogP contribution in [0.1, 0.15) is 21.5 Å². The van der Waals surface area contributed by atoms with E-state index in [1.807, 2.05) is 6.07 Å². The van der Waals surface area contributed by atoms with Gasteiger partial charge in [0.1, 0.15) is 6.04 Å². The fraction of sp³-hybridized carbons (Fsp3) is 0.125. The molecule has 0 bridgehead atoms. The molecule has 0 aromatic heterocycles. The summed E-state index contributed by atoms with van der Waals surface area (Å²) in [5.74, 6) is -2.53. The van der Waals surface area contributed by atoms with Crippen LogP contribution in [-0.4, -0.2) is 27.8 Å². The molecule has 0 spiro atoms. The van der Waals surface area contributed by atoms with E-state index in [1.165, 1.54) is 0 Å². The lowest BCUT2D eigenvalue weighted by Crippen LogP contribution is -2.47. The number of nitrogens with one attached hydrogen (secondary N) is 2. The molecule has 1 unspecified atom stereocenters. The molecule has 10 heteroatoms. The molecule has 0 aliphatic carbocycles. The average Bonchev–Trinajstić information content (AvgIpc) is 2.84. The smallest absolute Gasteiger partial charge is 0.287 e. The Morgan fingerprint density at radius 1 is 0.941 bits per heavy atom. The van der Waals surface area contributed by atoms with Gasteiger partial charge in [-0.2, -0.15) is 9.76 Å². The number of Topliss-reactive ketones (excluding diaryl/α,β-unsaturated/α-hetero) is 1. The highest BCUT2D eigenvalue weighted by atomic mass is 79.9. The average molecular weight is 544 g/mol. The number of hydroxylamine groups is 1. The standard InChI is InChI=1S/C24H22BrN3O5S/c25-19-11-4-5-12-21(19)34(32)33-27-15-17-9-6-10-18(13-17)24(31)28-20(22(29)23(26)30)14-16-7-2-1-3-8-16/h1-13,20,27H,14-15H2,(H2,26,30)(H,28,31)/t20-,34?/m0/s1. The van der Waals surface area contributed by atoms with Gasteiger partial charge in [-0.1, -0.05) is 54.6 Å². The fourth-order valence-corrected chi connectivity index (χ4v) is 4.44. The number of halogens is 1. The molecule has 0 heterocycles. The Balaban J connectivity index is 1.63. The first-order valence-corrected chi connectivity index (χ1v) is 12.1. The molecule has 0 aliphatic rings. The van der Waals surface area contributed by atoms with Gasteiger partial charge >= 0.3 is 0 Å². The summed E-state index contributed by atoms with van der Waals surface area (Å²) in [6.45, 7) is 0.172. The number of hydrogen-bond donors (Lipinski definition) is 3. The number of primary amides is 1. The number of benzene rings is 3. The molecule has 3 aromatic carbocycles. The van der Waals surface area contributed by atoms with Gasteiger partial charge in [0, 0.05) is 23.0 Å². The van der Waals surface area contributed by atoms with Crippen molar-refractivity contribution in [2.45, 2.75) is 23.9 Å². The van der Waals surface area contributed by atoms with Crippen LogP contribution in [0.5, 0.6) is 0 Å². The molecule has 4 N–H and O–H groups in total. The summed E-state index contributed by atoms with van der Waals surface area (Å²) in [5.41, 5.74) is 9.53. The van der Waals surface area contributed by atoms with Crippen molar-refractivity contribution in [3.05, 3.63) is 100 Å². The highest BCUT2D eigenvalue weighted by Gasteiger charge is 2.25. The van der Waals surface area contributed by atoms with Crippen molar-refractivity contribution in [2.24, 2.45) is 5.73 Å². The maximum Gasteiger partial charge on any atom is 0.287 e. The first-order chi connectivity index (χ1) is 16.3. The molecule has 0 aliphatic heterocycles. The van der Waals surface area contributed by atoms with E-state index in [9.17, 15) is 18.6 Å². The van der Waals surface area contributed by atoms with Crippen molar-refractivity contribution in [1.82, 2.24) is 10.8 Å². The number of carbonyl (C=O) groups is 3. The summed E-state index contributed by atoms with van der Waals surface area (Å²) < 4.78 is 18.1. The number of nitrogens with two attached hydrogens (primary N) is 1. The third-order valence-corrected chi connectivity index (χ3v) is 6.70. The molecular formula is C24H22BrN3O5S. The minimum atomic E-state index is -1.74. The third kappa shape index (κ3) is 7.16. The molecule has 34 heavy (non-hydrogen) atoms. The van der Waals surface area contributed by atoms with E-state index in [0.717, 1.165) is 5.56 Å². The summed E-state index contributed by atoms with van der Waals surface area (Å²) in [7, 11) is 0. The van der Waals surface area contributed by atoms with Gasteiger partial charge in [0.25, 0.3) is 11.8 Å². The quantitative estimate of drug-likeness (QED) is 0.252. The molecule has 3 rings (SSSR count). The summed E-state index contributed by atoms with van der Waals surface area (Å²) in [6, 6.07) is 21.5. The number of carbonyl (C=O) groups excluding carboxylic acids is 3. The van der Waals surface area contributed by atoms with Crippen LogP contribution < -0.4 is 16.5 Å². The van der Waals surface area contributed by atoms with Gasteiger partial charge in [-0.3, -0.25) is 14.4 Å². The Bertz CT molecular complexity index is 1210. The molecule has 2 atom stereocenters. The molecule has 8 nitrogen and oxygen atoms in total. The SMILES string of the molecule is NC(=O)C(=O)[C@H](Cc1ccccc1)NC(=O)c1cccc(CNOS(=O)c2ccccc2Br)c1. The van der Waals surface area contributed by atoms with E-state index < -0.39 is 34.7 Å². The van der Waals surface area contributed by atoms with Gasteiger partial charge in [-0.25, -0.2) is 4.21 Å². The second-order valence-electron chi connectivity index (χ2n) is 7.21. The van der Waals surface area contributed by atoms with E-state index >= 15 is 0 Å². The Morgan fingerprint density at radius 2 is 1.62 bits per heavy atom. The van der Waals surface area contributed by atoms with Crippen molar-refractivity contribution < 1.29 is 22.9 Å². The highest BCUT2D eigenvalue weighted by molar-refractivity contribution is 9.10. The lowest BCUT2D eigenvalue weighted by atomic mass is 10.0. The molecule has 3 aromatic rings. The van der Waals surface area contributed by atoms with E-state index in [2.05, 4.69) is 26.7 Å². The van der Waals surface area contributed by atoms with Gasteiger partial charge in [0.05, 0.1) is 4.90 Å². The largest absolute Gasteiger partial charge is 0.363 e. The van der Waals surface area contributed by atoms with E-state index in [0.29, 0.717) is 14.9 Å². The molecule has 0 radical (unpaired) electrons. The molecule has 0 saturated heterocycles. The van der Waals surface area contributed by atoms with Crippen LogP contribution in [0.4, 0.5) is 0 Å². The Hall–Kier alpha value is -3.18. The minimum absolute atomic E-state index is 0.129. The van der Waals surface area contributed by atoms with Crippen LogP contribution in [0.3, 0.4) is 0 Å². The van der Waals surface area contributed by atoms with E-state index in [1.54, 1.807) is 72.8 Å². The molecule has 0 fully saturated rings. The van der Waals surface area contributed by atoms with Crippen LogP contribution in [0, 0.1) is 0 Å². The van der Waals surface area contributed by atoms with Gasteiger partial charge in [0.2, 0.25) is 16.9 Å². The topological polar surface area (TPSA) is 128 Å².